The van der Waals surface area contributed by atoms with E-state index < -0.39 is 0 Å². The summed E-state index contributed by atoms with van der Waals surface area (Å²) in [4.78, 5) is 12.3. The Bertz CT molecular complexity index is 791. The van der Waals surface area contributed by atoms with E-state index in [9.17, 15) is 4.79 Å². The molecule has 0 bridgehead atoms. The molecule has 0 aliphatic rings. The largest absolute Gasteiger partial charge is 0.399 e. The molecule has 0 saturated heterocycles. The molecule has 0 spiro atoms. The van der Waals surface area contributed by atoms with Crippen LogP contribution in [0.4, 0.5) is 11.4 Å². The van der Waals surface area contributed by atoms with Crippen molar-refractivity contribution in [2.75, 3.05) is 11.1 Å². The molecule has 0 saturated carbocycles. The minimum Gasteiger partial charge on any atom is -0.399 e. The Morgan fingerprint density at radius 3 is 2.90 bits per heavy atom. The van der Waals surface area contributed by atoms with E-state index in [-0.39, 0.29) is 5.91 Å². The third kappa shape index (κ3) is 2.21. The Morgan fingerprint density at radius 1 is 1.25 bits per heavy atom. The smallest absolute Gasteiger partial charge is 0.276 e. The summed E-state index contributed by atoms with van der Waals surface area (Å²) in [6.07, 6.45) is 0. The summed E-state index contributed by atoms with van der Waals surface area (Å²) in [5.74, 6) is -0.257. The van der Waals surface area contributed by atoms with Gasteiger partial charge in [-0.3, -0.25) is 9.89 Å². The van der Waals surface area contributed by atoms with Gasteiger partial charge >= 0.3 is 0 Å². The van der Waals surface area contributed by atoms with Gasteiger partial charge in [-0.15, -0.1) is 0 Å². The van der Waals surface area contributed by atoms with Gasteiger partial charge in [-0.25, -0.2) is 0 Å². The minimum absolute atomic E-state index is 0.257. The van der Waals surface area contributed by atoms with Crippen LogP contribution in [-0.2, 0) is 0 Å². The Morgan fingerprint density at radius 2 is 2.10 bits per heavy atom. The second-order valence-electron chi connectivity index (χ2n) is 4.70. The number of hydrogen-bond donors (Lipinski definition) is 3. The number of aromatic nitrogens is 2. The summed E-state index contributed by atoms with van der Waals surface area (Å²) in [6.45, 7) is 1.97. The number of nitrogen functional groups attached to an aromatic ring is 1. The second-order valence-corrected chi connectivity index (χ2v) is 4.70. The van der Waals surface area contributed by atoms with Crippen molar-refractivity contribution in [1.82, 2.24) is 10.2 Å². The molecule has 5 nitrogen and oxygen atoms in total. The fourth-order valence-corrected chi connectivity index (χ4v) is 2.12. The molecule has 3 aromatic rings. The lowest BCUT2D eigenvalue weighted by Crippen LogP contribution is -2.12. The molecule has 3 rings (SSSR count). The maximum absolute atomic E-state index is 12.3. The zero-order valence-electron chi connectivity index (χ0n) is 11.0. The lowest BCUT2D eigenvalue weighted by Gasteiger charge is -2.04. The molecule has 20 heavy (non-hydrogen) atoms. The maximum Gasteiger partial charge on any atom is 0.276 e. The van der Waals surface area contributed by atoms with Gasteiger partial charge in [0, 0.05) is 16.8 Å². The van der Waals surface area contributed by atoms with Crippen LogP contribution in [0.15, 0.2) is 42.5 Å². The lowest BCUT2D eigenvalue weighted by atomic mass is 10.1. The molecule has 5 heteroatoms. The number of carbonyl (C=O) groups excluding carboxylic acids is 1. The Balaban J connectivity index is 1.94. The molecule has 0 unspecified atom stereocenters. The molecule has 1 aromatic heterocycles. The zero-order valence-corrected chi connectivity index (χ0v) is 11.0. The van der Waals surface area contributed by atoms with Gasteiger partial charge in [-0.1, -0.05) is 12.1 Å². The van der Waals surface area contributed by atoms with Crippen molar-refractivity contribution in [3.05, 3.63) is 53.7 Å². The Hall–Kier alpha value is -2.82. The number of anilines is 2. The summed E-state index contributed by atoms with van der Waals surface area (Å²) < 4.78 is 0. The molecule has 0 radical (unpaired) electrons. The number of nitrogens with zero attached hydrogens (tertiary/aromatic N) is 1. The van der Waals surface area contributed by atoms with Crippen LogP contribution < -0.4 is 11.1 Å². The lowest BCUT2D eigenvalue weighted by molar-refractivity contribution is 0.102. The van der Waals surface area contributed by atoms with Crippen molar-refractivity contribution in [2.24, 2.45) is 0 Å². The third-order valence-electron chi connectivity index (χ3n) is 3.08. The number of H-pyrrole nitrogens is 1. The third-order valence-corrected chi connectivity index (χ3v) is 3.08. The fourth-order valence-electron chi connectivity index (χ4n) is 2.12. The monoisotopic (exact) mass is 266 g/mol. The van der Waals surface area contributed by atoms with Crippen molar-refractivity contribution in [1.29, 1.82) is 0 Å². The molecule has 0 aliphatic heterocycles. The van der Waals surface area contributed by atoms with Gasteiger partial charge < -0.3 is 11.1 Å². The van der Waals surface area contributed by atoms with Crippen molar-refractivity contribution >= 4 is 28.2 Å². The SMILES string of the molecule is Cc1cccc(NC(=O)c2n[nH]c3ccc(N)cc23)c1. The summed E-state index contributed by atoms with van der Waals surface area (Å²) in [5.41, 5.74) is 9.31. The standard InChI is InChI=1S/C15H14N4O/c1-9-3-2-4-11(7-9)17-15(20)14-12-8-10(16)5-6-13(12)18-19-14/h2-8H,16H2,1H3,(H,17,20)(H,18,19). The van der Waals surface area contributed by atoms with E-state index in [0.717, 1.165) is 22.2 Å². The van der Waals surface area contributed by atoms with Crippen LogP contribution in [0, 0.1) is 6.92 Å². The number of nitrogens with one attached hydrogen (secondary N) is 2. The predicted molar refractivity (Wildman–Crippen MR) is 79.6 cm³/mol. The van der Waals surface area contributed by atoms with E-state index in [1.54, 1.807) is 18.2 Å². The van der Waals surface area contributed by atoms with Gasteiger partial charge in [-0.2, -0.15) is 5.10 Å². The molecule has 4 N–H and O–H groups in total. The number of rotatable bonds is 2. The number of benzene rings is 2. The number of nitrogens with two attached hydrogens (primary N) is 1. The van der Waals surface area contributed by atoms with Crippen LogP contribution in [0.2, 0.25) is 0 Å². The average molecular weight is 266 g/mol. The first-order valence-corrected chi connectivity index (χ1v) is 6.25. The number of fused-ring (bicyclic) bond motifs is 1. The molecule has 1 heterocycles. The number of hydrogen-bond acceptors (Lipinski definition) is 3. The van der Waals surface area contributed by atoms with Crippen LogP contribution >= 0.6 is 0 Å². The van der Waals surface area contributed by atoms with E-state index in [0.29, 0.717) is 11.4 Å². The van der Waals surface area contributed by atoms with E-state index in [4.69, 9.17) is 5.73 Å². The molecule has 0 aliphatic carbocycles. The molecule has 100 valence electrons. The summed E-state index contributed by atoms with van der Waals surface area (Å²) in [7, 11) is 0. The van der Waals surface area contributed by atoms with Gasteiger partial charge in [0.15, 0.2) is 5.69 Å². The summed E-state index contributed by atoms with van der Waals surface area (Å²) >= 11 is 0. The van der Waals surface area contributed by atoms with Crippen LogP contribution in [0.5, 0.6) is 0 Å². The minimum atomic E-state index is -0.257. The fraction of sp³-hybridized carbons (Fsp3) is 0.0667. The number of aryl methyl sites for hydroxylation is 1. The van der Waals surface area contributed by atoms with Crippen LogP contribution in [0.1, 0.15) is 16.1 Å². The highest BCUT2D eigenvalue weighted by Gasteiger charge is 2.14. The van der Waals surface area contributed by atoms with Crippen molar-refractivity contribution < 1.29 is 4.79 Å². The van der Waals surface area contributed by atoms with E-state index in [2.05, 4.69) is 15.5 Å². The molecule has 1 amide bonds. The zero-order chi connectivity index (χ0) is 14.1. The molecule has 0 atom stereocenters. The van der Waals surface area contributed by atoms with Crippen molar-refractivity contribution in [2.45, 2.75) is 6.92 Å². The first kappa shape index (κ1) is 12.2. The van der Waals surface area contributed by atoms with Crippen molar-refractivity contribution in [3.8, 4) is 0 Å². The van der Waals surface area contributed by atoms with Crippen LogP contribution in [-0.4, -0.2) is 16.1 Å². The van der Waals surface area contributed by atoms with Gasteiger partial charge in [0.25, 0.3) is 5.91 Å². The number of amides is 1. The van der Waals surface area contributed by atoms with E-state index >= 15 is 0 Å². The summed E-state index contributed by atoms with van der Waals surface area (Å²) in [5, 5.41) is 10.4. The highest BCUT2D eigenvalue weighted by molar-refractivity contribution is 6.11. The first-order valence-electron chi connectivity index (χ1n) is 6.25. The average Bonchev–Trinajstić information content (AvgIpc) is 2.81. The first-order chi connectivity index (χ1) is 9.63. The maximum atomic E-state index is 12.3. The van der Waals surface area contributed by atoms with Gasteiger partial charge in [-0.05, 0) is 42.8 Å². The highest BCUT2D eigenvalue weighted by atomic mass is 16.1. The number of carbonyl (C=O) groups is 1. The van der Waals surface area contributed by atoms with Crippen LogP contribution in [0.25, 0.3) is 10.9 Å². The van der Waals surface area contributed by atoms with E-state index in [1.807, 2.05) is 31.2 Å². The van der Waals surface area contributed by atoms with Gasteiger partial charge in [0.2, 0.25) is 0 Å². The van der Waals surface area contributed by atoms with Crippen molar-refractivity contribution in [3.63, 3.8) is 0 Å². The molecular formula is C15H14N4O. The Kier molecular flexibility index (Phi) is 2.87. The quantitative estimate of drug-likeness (QED) is 0.623. The predicted octanol–water partition coefficient (Wildman–Crippen LogP) is 2.71. The molecular weight excluding hydrogens is 252 g/mol. The second kappa shape index (κ2) is 4.70. The topological polar surface area (TPSA) is 83.8 Å². The molecule has 0 fully saturated rings. The highest BCUT2D eigenvalue weighted by Crippen LogP contribution is 2.20. The van der Waals surface area contributed by atoms with Crippen LogP contribution in [0.3, 0.4) is 0 Å². The normalized spacial score (nSPS) is 10.7. The molecule has 2 aromatic carbocycles. The summed E-state index contributed by atoms with van der Waals surface area (Å²) in [6, 6.07) is 12.9. The van der Waals surface area contributed by atoms with E-state index in [1.165, 1.54) is 0 Å². The Labute approximate surface area is 115 Å². The number of aromatic amines is 1. The van der Waals surface area contributed by atoms with Gasteiger partial charge in [0.05, 0.1) is 5.52 Å². The van der Waals surface area contributed by atoms with Gasteiger partial charge in [0.1, 0.15) is 0 Å².